The number of rotatable bonds is 3. The summed E-state index contributed by atoms with van der Waals surface area (Å²) in [5.41, 5.74) is 0.537. The maximum Gasteiger partial charge on any atom is 0.0661 e. The number of allylic oxidation sites excluding steroid dienone is 3. The molecule has 0 aromatic rings. The van der Waals surface area contributed by atoms with E-state index in [9.17, 15) is 25.5 Å². The third kappa shape index (κ3) is 3.17. The van der Waals surface area contributed by atoms with E-state index in [0.717, 1.165) is 38.5 Å². The van der Waals surface area contributed by atoms with Gasteiger partial charge in [0.2, 0.25) is 0 Å². The van der Waals surface area contributed by atoms with E-state index in [1.54, 1.807) is 0 Å². The molecule has 0 saturated heterocycles. The topological polar surface area (TPSA) is 101 Å². The quantitative estimate of drug-likeness (QED) is 0.414. The number of aliphatic hydroxyl groups is 5. The third-order valence-corrected chi connectivity index (χ3v) is 12.6. The zero-order valence-electron chi connectivity index (χ0n) is 22.6. The average molecular weight is 489 g/mol. The molecule has 11 unspecified atom stereocenters. The van der Waals surface area contributed by atoms with Gasteiger partial charge in [-0.05, 0) is 92.1 Å². The maximum absolute atomic E-state index is 11.4. The van der Waals surface area contributed by atoms with E-state index in [-0.39, 0.29) is 41.6 Å². The molecule has 0 heterocycles. The van der Waals surface area contributed by atoms with Gasteiger partial charge in [0.15, 0.2) is 0 Å². The highest BCUT2D eigenvalue weighted by atomic mass is 16.3. The largest absolute Gasteiger partial charge is 0.396 e. The monoisotopic (exact) mass is 488 g/mol. The second kappa shape index (κ2) is 7.89. The molecule has 198 valence electrons. The Kier molecular flexibility index (Phi) is 5.84. The van der Waals surface area contributed by atoms with Gasteiger partial charge in [-0.3, -0.25) is 0 Å². The Morgan fingerprint density at radius 3 is 2.23 bits per heavy atom. The van der Waals surface area contributed by atoms with Gasteiger partial charge in [0.05, 0.1) is 30.5 Å². The molecule has 0 radical (unpaired) electrons. The molecule has 5 nitrogen and oxygen atoms in total. The van der Waals surface area contributed by atoms with Crippen molar-refractivity contribution in [1.29, 1.82) is 0 Å². The third-order valence-electron chi connectivity index (χ3n) is 12.6. The molecule has 0 aromatic carbocycles. The zero-order chi connectivity index (χ0) is 25.8. The fourth-order valence-corrected chi connectivity index (χ4v) is 9.96. The number of hydrogen-bond acceptors (Lipinski definition) is 5. The first-order valence-electron chi connectivity index (χ1n) is 14.0. The van der Waals surface area contributed by atoms with Crippen LogP contribution in [-0.4, -0.2) is 56.1 Å². The van der Waals surface area contributed by atoms with Crippen LogP contribution < -0.4 is 0 Å². The Bertz CT molecular complexity index is 934. The van der Waals surface area contributed by atoms with E-state index in [2.05, 4.69) is 32.9 Å². The van der Waals surface area contributed by atoms with Gasteiger partial charge in [-0.2, -0.15) is 0 Å². The average Bonchev–Trinajstić information content (AvgIpc) is 3.29. The van der Waals surface area contributed by atoms with Crippen molar-refractivity contribution in [3.63, 3.8) is 0 Å². The fourth-order valence-electron chi connectivity index (χ4n) is 9.96. The molecule has 5 aliphatic rings. The van der Waals surface area contributed by atoms with Gasteiger partial charge in [0, 0.05) is 23.2 Å². The van der Waals surface area contributed by atoms with Crippen molar-refractivity contribution in [3.8, 4) is 0 Å². The van der Waals surface area contributed by atoms with Crippen molar-refractivity contribution in [2.24, 2.45) is 45.3 Å². The van der Waals surface area contributed by atoms with Crippen LogP contribution in [0.5, 0.6) is 0 Å². The van der Waals surface area contributed by atoms with E-state index < -0.39 is 34.7 Å². The van der Waals surface area contributed by atoms with Crippen LogP contribution >= 0.6 is 0 Å². The first-order chi connectivity index (χ1) is 16.2. The SMILES string of the molecule is CC(C)(O)C1CCC(C2CCC3(C)C4=CCC5C(C)(CO)C(O)CC(O)C5(C)C4=CCC23C)C1O. The lowest BCUT2D eigenvalue weighted by Gasteiger charge is -2.62. The van der Waals surface area contributed by atoms with E-state index in [1.807, 2.05) is 20.8 Å². The molecule has 3 fully saturated rings. The van der Waals surface area contributed by atoms with E-state index >= 15 is 0 Å². The Labute approximate surface area is 211 Å². The van der Waals surface area contributed by atoms with Crippen LogP contribution in [0.25, 0.3) is 0 Å². The molecule has 35 heavy (non-hydrogen) atoms. The molecule has 5 N–H and O–H groups in total. The lowest BCUT2D eigenvalue weighted by atomic mass is 9.43. The van der Waals surface area contributed by atoms with E-state index in [4.69, 9.17) is 0 Å². The van der Waals surface area contributed by atoms with Crippen molar-refractivity contribution in [2.45, 2.75) is 110 Å². The first-order valence-corrected chi connectivity index (χ1v) is 14.0. The van der Waals surface area contributed by atoms with Gasteiger partial charge in [-0.1, -0.05) is 39.8 Å². The highest BCUT2D eigenvalue weighted by Crippen LogP contribution is 2.72. The smallest absolute Gasteiger partial charge is 0.0661 e. The predicted molar refractivity (Wildman–Crippen MR) is 136 cm³/mol. The maximum atomic E-state index is 11.4. The summed E-state index contributed by atoms with van der Waals surface area (Å²) in [6.45, 7) is 12.5. The minimum atomic E-state index is -0.868. The second-order valence-corrected chi connectivity index (χ2v) is 14.3. The molecule has 11 atom stereocenters. The summed E-state index contributed by atoms with van der Waals surface area (Å²) >= 11 is 0. The summed E-state index contributed by atoms with van der Waals surface area (Å²) in [7, 11) is 0. The van der Waals surface area contributed by atoms with Crippen molar-refractivity contribution in [1.82, 2.24) is 0 Å². The van der Waals surface area contributed by atoms with Crippen molar-refractivity contribution in [2.75, 3.05) is 6.61 Å². The summed E-state index contributed by atoms with van der Waals surface area (Å²) in [6.07, 6.45) is 8.80. The van der Waals surface area contributed by atoms with Crippen LogP contribution in [0, 0.1) is 45.3 Å². The fraction of sp³-hybridized carbons (Fsp3) is 0.867. The molecule has 0 spiro atoms. The lowest BCUT2D eigenvalue weighted by molar-refractivity contribution is -0.168. The number of fused-ring (bicyclic) bond motifs is 5. The normalized spacial score (nSPS) is 54.0. The molecular formula is C30H48O5. The van der Waals surface area contributed by atoms with Crippen LogP contribution in [0.1, 0.15) is 86.5 Å². The van der Waals surface area contributed by atoms with E-state index in [0.29, 0.717) is 5.92 Å². The molecule has 5 heteroatoms. The molecular weight excluding hydrogens is 440 g/mol. The highest BCUT2D eigenvalue weighted by molar-refractivity contribution is 5.50. The van der Waals surface area contributed by atoms with Crippen molar-refractivity contribution in [3.05, 3.63) is 23.3 Å². The molecule has 0 amide bonds. The summed E-state index contributed by atoms with van der Waals surface area (Å²) in [5.74, 6) is 0.489. The highest BCUT2D eigenvalue weighted by Gasteiger charge is 2.66. The van der Waals surface area contributed by atoms with E-state index in [1.165, 1.54) is 11.1 Å². The minimum Gasteiger partial charge on any atom is -0.396 e. The molecule has 3 saturated carbocycles. The molecule has 0 bridgehead atoms. The van der Waals surface area contributed by atoms with Gasteiger partial charge < -0.3 is 25.5 Å². The second-order valence-electron chi connectivity index (χ2n) is 14.3. The number of aliphatic hydroxyl groups excluding tert-OH is 4. The van der Waals surface area contributed by atoms with Crippen LogP contribution in [0.15, 0.2) is 23.3 Å². The van der Waals surface area contributed by atoms with Crippen LogP contribution in [0.2, 0.25) is 0 Å². The number of hydrogen-bond donors (Lipinski definition) is 5. The van der Waals surface area contributed by atoms with Crippen LogP contribution in [-0.2, 0) is 0 Å². The van der Waals surface area contributed by atoms with Crippen LogP contribution in [0.4, 0.5) is 0 Å². The minimum absolute atomic E-state index is 0.00504. The lowest BCUT2D eigenvalue weighted by Crippen LogP contribution is -2.62. The van der Waals surface area contributed by atoms with Gasteiger partial charge in [-0.25, -0.2) is 0 Å². The molecule has 0 aliphatic heterocycles. The summed E-state index contributed by atoms with van der Waals surface area (Å²) in [5, 5.41) is 54.6. The van der Waals surface area contributed by atoms with Crippen molar-refractivity contribution < 1.29 is 25.5 Å². The van der Waals surface area contributed by atoms with Crippen LogP contribution in [0.3, 0.4) is 0 Å². The molecule has 0 aromatic heterocycles. The Hall–Kier alpha value is -0.720. The Balaban J connectivity index is 1.53. The molecule has 5 aliphatic carbocycles. The van der Waals surface area contributed by atoms with Gasteiger partial charge in [0.25, 0.3) is 0 Å². The summed E-state index contributed by atoms with van der Waals surface area (Å²) in [4.78, 5) is 0. The van der Waals surface area contributed by atoms with Crippen molar-refractivity contribution >= 4 is 0 Å². The van der Waals surface area contributed by atoms with Gasteiger partial charge in [-0.15, -0.1) is 0 Å². The van der Waals surface area contributed by atoms with Gasteiger partial charge >= 0.3 is 0 Å². The Morgan fingerprint density at radius 1 is 0.943 bits per heavy atom. The zero-order valence-corrected chi connectivity index (χ0v) is 22.6. The standard InChI is InChI=1S/C30H48O5/c1-26(2,35)21-8-7-17(25(21)34)18-11-13-29(5)19-9-10-22-27(3,16-31)23(32)15-24(33)30(22,6)20(19)12-14-28(18,29)4/h9,12,17-18,21-25,31-35H,7-8,10-11,13-16H2,1-6H3. The Morgan fingerprint density at radius 2 is 1.63 bits per heavy atom. The summed E-state index contributed by atoms with van der Waals surface area (Å²) < 4.78 is 0. The summed E-state index contributed by atoms with van der Waals surface area (Å²) in [6, 6.07) is 0. The molecule has 5 rings (SSSR count). The first kappa shape index (κ1) is 25.9. The predicted octanol–water partition coefficient (Wildman–Crippen LogP) is 3.97. The van der Waals surface area contributed by atoms with Gasteiger partial charge in [0.1, 0.15) is 0 Å².